The summed E-state index contributed by atoms with van der Waals surface area (Å²) in [6, 6.07) is 1.49. The monoisotopic (exact) mass is 297 g/mol. The summed E-state index contributed by atoms with van der Waals surface area (Å²) in [4.78, 5) is 13.9. The van der Waals surface area contributed by atoms with Crippen LogP contribution in [-0.4, -0.2) is 59.6 Å². The molecule has 7 heteroatoms. The molecule has 0 fully saturated rings. The van der Waals surface area contributed by atoms with E-state index in [0.29, 0.717) is 18.8 Å². The van der Waals surface area contributed by atoms with Crippen LogP contribution in [-0.2, 0) is 6.54 Å². The van der Waals surface area contributed by atoms with E-state index in [-0.39, 0.29) is 18.1 Å². The molecule has 0 aliphatic rings. The quantitative estimate of drug-likeness (QED) is 0.668. The second kappa shape index (κ2) is 7.99. The largest absolute Gasteiger partial charge is 0.396 e. The Morgan fingerprint density at radius 3 is 2.81 bits per heavy atom. The minimum atomic E-state index is -0.279. The zero-order valence-corrected chi connectivity index (χ0v) is 13.4. The molecule has 0 aliphatic carbocycles. The summed E-state index contributed by atoms with van der Waals surface area (Å²) in [5, 5.41) is 18.7. The van der Waals surface area contributed by atoms with Crippen molar-refractivity contribution in [1.82, 2.24) is 20.0 Å². The molecule has 21 heavy (non-hydrogen) atoms. The Balaban J connectivity index is 2.38. The molecule has 0 atom stereocenters. The van der Waals surface area contributed by atoms with Gasteiger partial charge in [-0.15, -0.1) is 0 Å². The number of anilines is 1. The summed E-state index contributed by atoms with van der Waals surface area (Å²) in [6.45, 7) is 6.29. The summed E-state index contributed by atoms with van der Waals surface area (Å²) in [5.41, 5.74) is -0.128. The lowest BCUT2D eigenvalue weighted by Gasteiger charge is -2.23. The first-order valence-corrected chi connectivity index (χ1v) is 7.16. The first kappa shape index (κ1) is 17.5. The number of hydrogen-bond donors (Lipinski definition) is 3. The van der Waals surface area contributed by atoms with Crippen LogP contribution in [0.25, 0.3) is 0 Å². The van der Waals surface area contributed by atoms with Gasteiger partial charge in [-0.3, -0.25) is 10.00 Å². The van der Waals surface area contributed by atoms with E-state index < -0.39 is 0 Å². The molecule has 0 saturated heterocycles. The molecule has 1 aromatic heterocycles. The molecule has 2 amide bonds. The van der Waals surface area contributed by atoms with Gasteiger partial charge in [-0.1, -0.05) is 13.8 Å². The van der Waals surface area contributed by atoms with E-state index >= 15 is 0 Å². The highest BCUT2D eigenvalue weighted by Crippen LogP contribution is 2.17. The fourth-order valence-electron chi connectivity index (χ4n) is 1.73. The average molecular weight is 297 g/mol. The summed E-state index contributed by atoms with van der Waals surface area (Å²) in [5.74, 6) is 0.534. The molecule has 7 nitrogen and oxygen atoms in total. The number of rotatable bonds is 8. The summed E-state index contributed by atoms with van der Waals surface area (Å²) in [6.07, 6.45) is 2.49. The van der Waals surface area contributed by atoms with Gasteiger partial charge in [0, 0.05) is 32.0 Å². The third-order valence-electron chi connectivity index (χ3n) is 3.17. The number of nitrogens with one attached hydrogen (secondary N) is 2. The van der Waals surface area contributed by atoms with E-state index in [2.05, 4.69) is 20.6 Å². The predicted molar refractivity (Wildman–Crippen MR) is 83.3 cm³/mol. The zero-order chi connectivity index (χ0) is 15.9. The van der Waals surface area contributed by atoms with Crippen LogP contribution in [0.2, 0.25) is 0 Å². The number of aliphatic hydroxyl groups is 1. The highest BCUT2D eigenvalue weighted by Gasteiger charge is 2.18. The van der Waals surface area contributed by atoms with E-state index in [4.69, 9.17) is 5.11 Å². The molecule has 1 heterocycles. The van der Waals surface area contributed by atoms with Crippen molar-refractivity contribution in [1.29, 1.82) is 0 Å². The Labute approximate surface area is 126 Å². The maximum absolute atomic E-state index is 11.8. The molecule has 0 radical (unpaired) electrons. The SMILES string of the molecule is CN(C)CCn1ccc(NC(=O)NCC(C)(C)CCO)n1. The molecule has 1 aromatic rings. The molecule has 0 aromatic carbocycles. The molecule has 0 spiro atoms. The lowest BCUT2D eigenvalue weighted by molar-refractivity contribution is 0.204. The lowest BCUT2D eigenvalue weighted by atomic mass is 9.90. The number of likely N-dealkylation sites (N-methyl/N-ethyl adjacent to an activating group) is 1. The molecule has 0 bridgehead atoms. The molecule has 0 aliphatic heterocycles. The van der Waals surface area contributed by atoms with Gasteiger partial charge in [-0.05, 0) is 25.9 Å². The van der Waals surface area contributed by atoms with Crippen LogP contribution in [0.3, 0.4) is 0 Å². The van der Waals surface area contributed by atoms with Crippen molar-refractivity contribution in [3.63, 3.8) is 0 Å². The number of carbonyl (C=O) groups excluding carboxylic acids is 1. The number of aliphatic hydroxyl groups excluding tert-OH is 1. The Morgan fingerprint density at radius 1 is 1.48 bits per heavy atom. The average Bonchev–Trinajstić information content (AvgIpc) is 2.82. The summed E-state index contributed by atoms with van der Waals surface area (Å²) in [7, 11) is 4.01. The summed E-state index contributed by atoms with van der Waals surface area (Å²) >= 11 is 0. The third-order valence-corrected chi connectivity index (χ3v) is 3.17. The van der Waals surface area contributed by atoms with E-state index in [0.717, 1.165) is 13.1 Å². The Morgan fingerprint density at radius 2 is 2.19 bits per heavy atom. The van der Waals surface area contributed by atoms with Crippen LogP contribution in [0.15, 0.2) is 12.3 Å². The van der Waals surface area contributed by atoms with Crippen LogP contribution in [0, 0.1) is 5.41 Å². The minimum Gasteiger partial charge on any atom is -0.396 e. The fourth-order valence-corrected chi connectivity index (χ4v) is 1.73. The van der Waals surface area contributed by atoms with Crippen molar-refractivity contribution in [2.75, 3.05) is 39.1 Å². The molecule has 1 rings (SSSR count). The predicted octanol–water partition coefficient (Wildman–Crippen LogP) is 0.975. The number of carbonyl (C=O) groups is 1. The van der Waals surface area contributed by atoms with Crippen molar-refractivity contribution < 1.29 is 9.90 Å². The van der Waals surface area contributed by atoms with Crippen molar-refractivity contribution in [3.05, 3.63) is 12.3 Å². The normalized spacial score (nSPS) is 11.7. The maximum atomic E-state index is 11.8. The zero-order valence-electron chi connectivity index (χ0n) is 13.4. The van der Waals surface area contributed by atoms with E-state index in [9.17, 15) is 4.79 Å². The van der Waals surface area contributed by atoms with Gasteiger partial charge >= 0.3 is 6.03 Å². The van der Waals surface area contributed by atoms with E-state index in [1.807, 2.05) is 34.1 Å². The van der Waals surface area contributed by atoms with Crippen LogP contribution in [0.5, 0.6) is 0 Å². The second-order valence-electron chi connectivity index (χ2n) is 6.21. The molecule has 3 N–H and O–H groups in total. The van der Waals surface area contributed by atoms with Crippen LogP contribution < -0.4 is 10.6 Å². The van der Waals surface area contributed by atoms with Gasteiger partial charge in [-0.2, -0.15) is 5.10 Å². The molecular weight excluding hydrogens is 270 g/mol. The van der Waals surface area contributed by atoms with Gasteiger partial charge in [0.1, 0.15) is 0 Å². The van der Waals surface area contributed by atoms with Crippen molar-refractivity contribution in [3.8, 4) is 0 Å². The minimum absolute atomic E-state index is 0.118. The number of nitrogens with zero attached hydrogens (tertiary/aromatic N) is 3. The van der Waals surface area contributed by atoms with E-state index in [1.54, 1.807) is 10.7 Å². The molecular formula is C14H27N5O2. The highest BCUT2D eigenvalue weighted by atomic mass is 16.3. The smallest absolute Gasteiger partial charge is 0.320 e. The lowest BCUT2D eigenvalue weighted by Crippen LogP contribution is -2.37. The number of hydrogen-bond acceptors (Lipinski definition) is 4. The fraction of sp³-hybridized carbons (Fsp3) is 0.714. The van der Waals surface area contributed by atoms with Crippen molar-refractivity contribution >= 4 is 11.8 Å². The van der Waals surface area contributed by atoms with Crippen LogP contribution in [0.4, 0.5) is 10.6 Å². The van der Waals surface area contributed by atoms with Crippen LogP contribution >= 0.6 is 0 Å². The highest BCUT2D eigenvalue weighted by molar-refractivity contribution is 5.88. The van der Waals surface area contributed by atoms with Gasteiger partial charge in [0.05, 0.1) is 6.54 Å². The molecule has 0 saturated carbocycles. The Kier molecular flexibility index (Phi) is 6.64. The number of urea groups is 1. The topological polar surface area (TPSA) is 82.4 Å². The van der Waals surface area contributed by atoms with E-state index in [1.165, 1.54) is 0 Å². The van der Waals surface area contributed by atoms with Gasteiger partial charge in [0.15, 0.2) is 5.82 Å². The number of amides is 2. The first-order valence-electron chi connectivity index (χ1n) is 7.16. The maximum Gasteiger partial charge on any atom is 0.320 e. The Hall–Kier alpha value is -1.60. The van der Waals surface area contributed by atoms with Gasteiger partial charge in [-0.25, -0.2) is 4.79 Å². The molecule has 0 unspecified atom stereocenters. The standard InChI is InChI=1S/C14H27N5O2/c1-14(2,6-10-20)11-15-13(21)16-12-5-7-19(17-12)9-8-18(3)4/h5,7,20H,6,8-11H2,1-4H3,(H2,15,16,17,21). The number of aromatic nitrogens is 2. The van der Waals surface area contributed by atoms with Crippen molar-refractivity contribution in [2.24, 2.45) is 5.41 Å². The van der Waals surface area contributed by atoms with Gasteiger partial charge in [0.25, 0.3) is 0 Å². The third kappa shape index (κ3) is 7.10. The van der Waals surface area contributed by atoms with Gasteiger partial charge in [0.2, 0.25) is 0 Å². The van der Waals surface area contributed by atoms with Gasteiger partial charge < -0.3 is 15.3 Å². The van der Waals surface area contributed by atoms with Crippen molar-refractivity contribution in [2.45, 2.75) is 26.8 Å². The van der Waals surface area contributed by atoms with Crippen LogP contribution in [0.1, 0.15) is 20.3 Å². The second-order valence-corrected chi connectivity index (χ2v) is 6.21. The Bertz CT molecular complexity index is 442. The molecule has 120 valence electrons. The first-order chi connectivity index (χ1) is 9.82. The summed E-state index contributed by atoms with van der Waals surface area (Å²) < 4.78 is 1.80.